The molecular formula is C15H17NO5S. The molecule has 0 aliphatic rings. The Morgan fingerprint density at radius 1 is 1.27 bits per heavy atom. The van der Waals surface area contributed by atoms with E-state index in [9.17, 15) is 13.2 Å². The lowest BCUT2D eigenvalue weighted by Crippen LogP contribution is -2.32. The Hall–Kier alpha value is -2.12. The fraction of sp³-hybridized carbons (Fsp3) is 0.267. The number of carbonyl (C=O) groups is 1. The van der Waals surface area contributed by atoms with Crippen molar-refractivity contribution in [1.82, 2.24) is 4.72 Å². The average Bonchev–Trinajstić information content (AvgIpc) is 2.97. The number of rotatable bonds is 6. The highest BCUT2D eigenvalue weighted by Gasteiger charge is 2.24. The highest BCUT2D eigenvalue weighted by Crippen LogP contribution is 2.18. The summed E-state index contributed by atoms with van der Waals surface area (Å²) < 4.78 is 37.4. The van der Waals surface area contributed by atoms with Gasteiger partial charge in [0.15, 0.2) is 0 Å². The number of ether oxygens (including phenoxy) is 1. The van der Waals surface area contributed by atoms with Crippen LogP contribution in [0.4, 0.5) is 0 Å². The number of carbonyl (C=O) groups excluding carboxylic acids is 1. The second-order valence-corrected chi connectivity index (χ2v) is 6.52. The first-order valence-corrected chi connectivity index (χ1v) is 8.12. The van der Waals surface area contributed by atoms with Crippen molar-refractivity contribution in [2.24, 2.45) is 0 Å². The Kier molecular flexibility index (Phi) is 4.99. The molecule has 0 aliphatic carbocycles. The monoisotopic (exact) mass is 323 g/mol. The maximum Gasteiger partial charge on any atom is 0.302 e. The van der Waals surface area contributed by atoms with Crippen LogP contribution in [-0.2, 0) is 19.6 Å². The van der Waals surface area contributed by atoms with E-state index in [1.807, 2.05) is 6.92 Å². The van der Waals surface area contributed by atoms with Crippen molar-refractivity contribution in [2.75, 3.05) is 6.61 Å². The van der Waals surface area contributed by atoms with Crippen LogP contribution < -0.4 is 4.72 Å². The van der Waals surface area contributed by atoms with Crippen LogP contribution in [0.25, 0.3) is 0 Å². The van der Waals surface area contributed by atoms with E-state index < -0.39 is 22.0 Å². The lowest BCUT2D eigenvalue weighted by atomic mass is 10.2. The van der Waals surface area contributed by atoms with Gasteiger partial charge in [0.25, 0.3) is 0 Å². The summed E-state index contributed by atoms with van der Waals surface area (Å²) >= 11 is 0. The number of hydrogen-bond acceptors (Lipinski definition) is 5. The molecule has 7 heteroatoms. The van der Waals surface area contributed by atoms with E-state index in [0.29, 0.717) is 5.76 Å². The minimum Gasteiger partial charge on any atom is -0.468 e. The molecule has 6 nitrogen and oxygen atoms in total. The van der Waals surface area contributed by atoms with Crippen LogP contribution in [0.2, 0.25) is 0 Å². The van der Waals surface area contributed by atoms with Gasteiger partial charge in [0.1, 0.15) is 18.4 Å². The minimum absolute atomic E-state index is 0.137. The summed E-state index contributed by atoms with van der Waals surface area (Å²) in [4.78, 5) is 11.1. The van der Waals surface area contributed by atoms with Gasteiger partial charge in [-0.2, -0.15) is 4.72 Å². The molecule has 0 fully saturated rings. The molecule has 0 radical (unpaired) electrons. The third-order valence-electron chi connectivity index (χ3n) is 2.97. The SMILES string of the molecule is CC(=O)OCC(NS(=O)(=O)c1ccc(C)cc1)c1ccco1. The quantitative estimate of drug-likeness (QED) is 0.823. The zero-order valence-electron chi connectivity index (χ0n) is 12.3. The zero-order valence-corrected chi connectivity index (χ0v) is 13.1. The molecule has 22 heavy (non-hydrogen) atoms. The normalized spacial score (nSPS) is 12.8. The molecule has 1 aromatic heterocycles. The smallest absolute Gasteiger partial charge is 0.302 e. The van der Waals surface area contributed by atoms with Crippen molar-refractivity contribution in [3.8, 4) is 0 Å². The van der Waals surface area contributed by atoms with Crippen LogP contribution in [0.3, 0.4) is 0 Å². The van der Waals surface area contributed by atoms with Gasteiger partial charge in [-0.1, -0.05) is 17.7 Å². The van der Waals surface area contributed by atoms with Gasteiger partial charge >= 0.3 is 5.97 Å². The molecule has 0 aliphatic heterocycles. The maximum atomic E-state index is 12.4. The van der Waals surface area contributed by atoms with Crippen LogP contribution in [0.1, 0.15) is 24.3 Å². The van der Waals surface area contributed by atoms with Crippen LogP contribution in [0.5, 0.6) is 0 Å². The van der Waals surface area contributed by atoms with Gasteiger partial charge in [0, 0.05) is 6.92 Å². The number of nitrogens with one attached hydrogen (secondary N) is 1. The van der Waals surface area contributed by atoms with Crippen molar-refractivity contribution in [3.63, 3.8) is 0 Å². The van der Waals surface area contributed by atoms with E-state index in [1.165, 1.54) is 25.3 Å². The molecule has 1 heterocycles. The van der Waals surface area contributed by atoms with Crippen LogP contribution in [-0.4, -0.2) is 21.0 Å². The summed E-state index contributed by atoms with van der Waals surface area (Å²) in [5, 5.41) is 0. The zero-order chi connectivity index (χ0) is 16.2. The average molecular weight is 323 g/mol. The molecule has 118 valence electrons. The second kappa shape index (κ2) is 6.76. The number of esters is 1. The van der Waals surface area contributed by atoms with Crippen LogP contribution in [0.15, 0.2) is 52.0 Å². The van der Waals surface area contributed by atoms with E-state index in [0.717, 1.165) is 5.56 Å². The topological polar surface area (TPSA) is 85.6 Å². The predicted molar refractivity (Wildman–Crippen MR) is 79.6 cm³/mol. The molecule has 1 unspecified atom stereocenters. The summed E-state index contributed by atoms with van der Waals surface area (Å²) in [6, 6.07) is 8.92. The molecule has 1 aromatic carbocycles. The van der Waals surface area contributed by atoms with Gasteiger partial charge in [0.05, 0.1) is 11.2 Å². The first-order valence-electron chi connectivity index (χ1n) is 6.64. The minimum atomic E-state index is -3.75. The summed E-state index contributed by atoms with van der Waals surface area (Å²) in [5.74, 6) is -0.122. The Morgan fingerprint density at radius 2 is 1.95 bits per heavy atom. The summed E-state index contributed by atoms with van der Waals surface area (Å²) in [5.41, 5.74) is 0.960. The van der Waals surface area contributed by atoms with Crippen molar-refractivity contribution < 1.29 is 22.4 Å². The summed E-state index contributed by atoms with van der Waals surface area (Å²) in [6.45, 7) is 2.98. The first-order chi connectivity index (χ1) is 10.4. The van der Waals surface area contributed by atoms with Gasteiger partial charge in [-0.3, -0.25) is 4.79 Å². The Balaban J connectivity index is 2.21. The number of furan rings is 1. The van der Waals surface area contributed by atoms with Gasteiger partial charge in [0.2, 0.25) is 10.0 Å². The lowest BCUT2D eigenvalue weighted by Gasteiger charge is -2.16. The van der Waals surface area contributed by atoms with E-state index in [-0.39, 0.29) is 11.5 Å². The molecule has 0 saturated heterocycles. The Morgan fingerprint density at radius 3 is 2.50 bits per heavy atom. The summed E-state index contributed by atoms with van der Waals surface area (Å²) in [7, 11) is -3.75. The summed E-state index contributed by atoms with van der Waals surface area (Å²) in [6.07, 6.45) is 1.43. The molecular weight excluding hydrogens is 306 g/mol. The number of hydrogen-bond donors (Lipinski definition) is 1. The molecule has 1 atom stereocenters. The largest absolute Gasteiger partial charge is 0.468 e. The molecule has 0 bridgehead atoms. The van der Waals surface area contributed by atoms with E-state index >= 15 is 0 Å². The van der Waals surface area contributed by atoms with Gasteiger partial charge < -0.3 is 9.15 Å². The van der Waals surface area contributed by atoms with E-state index in [1.54, 1.807) is 24.3 Å². The number of aryl methyl sites for hydroxylation is 1. The second-order valence-electron chi connectivity index (χ2n) is 4.80. The highest BCUT2D eigenvalue weighted by molar-refractivity contribution is 7.89. The van der Waals surface area contributed by atoms with E-state index in [4.69, 9.17) is 9.15 Å². The Bertz CT molecular complexity index is 720. The molecule has 0 saturated carbocycles. The number of sulfonamides is 1. The molecule has 0 spiro atoms. The van der Waals surface area contributed by atoms with Crippen LogP contribution >= 0.6 is 0 Å². The molecule has 2 aromatic rings. The highest BCUT2D eigenvalue weighted by atomic mass is 32.2. The fourth-order valence-corrected chi connectivity index (χ4v) is 3.03. The van der Waals surface area contributed by atoms with Crippen molar-refractivity contribution in [1.29, 1.82) is 0 Å². The van der Waals surface area contributed by atoms with E-state index in [2.05, 4.69) is 4.72 Å². The van der Waals surface area contributed by atoms with Crippen molar-refractivity contribution >= 4 is 16.0 Å². The third-order valence-corrected chi connectivity index (χ3v) is 4.46. The maximum absolute atomic E-state index is 12.4. The lowest BCUT2D eigenvalue weighted by molar-refractivity contribution is -0.141. The molecule has 1 N–H and O–H groups in total. The van der Waals surface area contributed by atoms with Crippen LogP contribution in [0, 0.1) is 6.92 Å². The van der Waals surface area contributed by atoms with Gasteiger partial charge in [-0.05, 0) is 31.2 Å². The standard InChI is InChI=1S/C15H17NO5S/c1-11-5-7-13(8-6-11)22(18,19)16-14(10-21-12(2)17)15-4-3-9-20-15/h3-9,14,16H,10H2,1-2H3. The third kappa shape index (κ3) is 4.19. The van der Waals surface area contributed by atoms with Gasteiger partial charge in [-0.15, -0.1) is 0 Å². The number of benzene rings is 1. The predicted octanol–water partition coefficient (Wildman–Crippen LogP) is 2.17. The fourth-order valence-electron chi connectivity index (χ4n) is 1.84. The first kappa shape index (κ1) is 16.3. The molecule has 0 amide bonds. The Labute approximate surface area is 129 Å². The van der Waals surface area contributed by atoms with Gasteiger partial charge in [-0.25, -0.2) is 8.42 Å². The van der Waals surface area contributed by atoms with Crippen molar-refractivity contribution in [3.05, 3.63) is 54.0 Å². The molecule has 2 rings (SSSR count). The van der Waals surface area contributed by atoms with Crippen molar-refractivity contribution in [2.45, 2.75) is 24.8 Å².